The number of hydrogen-bond acceptors (Lipinski definition) is 5. The highest BCUT2D eigenvalue weighted by Crippen LogP contribution is 2.29. The summed E-state index contributed by atoms with van der Waals surface area (Å²) in [6, 6.07) is 15.6. The van der Waals surface area contributed by atoms with Crippen molar-refractivity contribution in [1.82, 2.24) is 4.98 Å². The van der Waals surface area contributed by atoms with Crippen molar-refractivity contribution >= 4 is 40.3 Å². The van der Waals surface area contributed by atoms with Gasteiger partial charge < -0.3 is 0 Å². The Morgan fingerprint density at radius 2 is 2.08 bits per heavy atom. The molecule has 7 heteroatoms. The van der Waals surface area contributed by atoms with Gasteiger partial charge >= 0.3 is 0 Å². The molecule has 0 fully saturated rings. The standard InChI is InChI=1S/C18H10ClN3O2S/c19-15-5-1-3-12(8-15)7-14(10-20)18-21-17(11-25-18)13-4-2-6-16(9-13)22(23)24/h1-9,11H/b14-7-. The average Bonchev–Trinajstić information content (AvgIpc) is 3.10. The van der Waals surface area contributed by atoms with Crippen LogP contribution in [0.5, 0.6) is 0 Å². The summed E-state index contributed by atoms with van der Waals surface area (Å²) in [5, 5.41) is 23.2. The zero-order chi connectivity index (χ0) is 17.8. The summed E-state index contributed by atoms with van der Waals surface area (Å²) in [5.74, 6) is 0. The van der Waals surface area contributed by atoms with Crippen molar-refractivity contribution in [2.75, 3.05) is 0 Å². The van der Waals surface area contributed by atoms with E-state index in [9.17, 15) is 15.4 Å². The predicted molar refractivity (Wildman–Crippen MR) is 99.1 cm³/mol. The van der Waals surface area contributed by atoms with Crippen molar-refractivity contribution in [2.45, 2.75) is 0 Å². The molecular weight excluding hydrogens is 358 g/mol. The van der Waals surface area contributed by atoms with Crippen LogP contribution in [-0.2, 0) is 0 Å². The Kier molecular flexibility index (Phi) is 4.89. The summed E-state index contributed by atoms with van der Waals surface area (Å²) in [6.45, 7) is 0. The molecule has 0 amide bonds. The maximum Gasteiger partial charge on any atom is 0.270 e. The van der Waals surface area contributed by atoms with E-state index in [1.54, 1.807) is 41.8 Å². The number of non-ortho nitro benzene ring substituents is 1. The van der Waals surface area contributed by atoms with Gasteiger partial charge in [-0.25, -0.2) is 4.98 Å². The van der Waals surface area contributed by atoms with Gasteiger partial charge in [-0.05, 0) is 23.8 Å². The van der Waals surface area contributed by atoms with Gasteiger partial charge in [-0.15, -0.1) is 11.3 Å². The van der Waals surface area contributed by atoms with Crippen LogP contribution < -0.4 is 0 Å². The van der Waals surface area contributed by atoms with Crippen LogP contribution >= 0.6 is 22.9 Å². The molecular formula is C18H10ClN3O2S. The minimum absolute atomic E-state index is 0.00188. The molecule has 0 saturated carbocycles. The van der Waals surface area contributed by atoms with Crippen molar-refractivity contribution in [1.29, 1.82) is 5.26 Å². The van der Waals surface area contributed by atoms with Gasteiger partial charge in [0.2, 0.25) is 0 Å². The van der Waals surface area contributed by atoms with E-state index in [0.29, 0.717) is 26.9 Å². The summed E-state index contributed by atoms with van der Waals surface area (Å²) < 4.78 is 0. The van der Waals surface area contributed by atoms with Crippen LogP contribution in [0.3, 0.4) is 0 Å². The minimum Gasteiger partial charge on any atom is -0.258 e. The van der Waals surface area contributed by atoms with Gasteiger partial charge in [-0.3, -0.25) is 10.1 Å². The number of nitriles is 1. The molecule has 1 aromatic heterocycles. The Balaban J connectivity index is 1.96. The molecule has 25 heavy (non-hydrogen) atoms. The number of thiazole rings is 1. The molecule has 0 spiro atoms. The number of rotatable bonds is 4. The monoisotopic (exact) mass is 367 g/mol. The molecule has 2 aromatic carbocycles. The molecule has 0 aliphatic carbocycles. The van der Waals surface area contributed by atoms with Crippen LogP contribution in [0.25, 0.3) is 22.9 Å². The normalized spacial score (nSPS) is 11.1. The SMILES string of the molecule is N#C/C(=C/c1cccc(Cl)c1)c1nc(-c2cccc([N+](=O)[O-])c2)cs1. The fourth-order valence-electron chi connectivity index (χ4n) is 2.21. The quantitative estimate of drug-likeness (QED) is 0.349. The highest BCUT2D eigenvalue weighted by Gasteiger charge is 2.12. The average molecular weight is 368 g/mol. The molecule has 0 bridgehead atoms. The first-order valence-corrected chi connectivity index (χ1v) is 8.40. The molecule has 0 unspecified atom stereocenters. The number of hydrogen-bond donors (Lipinski definition) is 0. The second kappa shape index (κ2) is 7.26. The lowest BCUT2D eigenvalue weighted by Gasteiger charge is -1.98. The molecule has 5 nitrogen and oxygen atoms in total. The second-order valence-corrected chi connectivity index (χ2v) is 6.36. The fourth-order valence-corrected chi connectivity index (χ4v) is 3.21. The van der Waals surface area contributed by atoms with E-state index in [1.807, 2.05) is 6.07 Å². The largest absolute Gasteiger partial charge is 0.270 e. The zero-order valence-corrected chi connectivity index (χ0v) is 14.3. The van der Waals surface area contributed by atoms with E-state index in [-0.39, 0.29) is 5.69 Å². The van der Waals surface area contributed by atoms with Crippen LogP contribution in [-0.4, -0.2) is 9.91 Å². The smallest absolute Gasteiger partial charge is 0.258 e. The summed E-state index contributed by atoms with van der Waals surface area (Å²) in [7, 11) is 0. The Bertz CT molecular complexity index is 1020. The van der Waals surface area contributed by atoms with Crippen LogP contribution in [0.15, 0.2) is 53.9 Å². The molecule has 122 valence electrons. The third-order valence-electron chi connectivity index (χ3n) is 3.37. The van der Waals surface area contributed by atoms with E-state index in [1.165, 1.54) is 23.5 Å². The van der Waals surface area contributed by atoms with E-state index >= 15 is 0 Å². The van der Waals surface area contributed by atoms with Crippen LogP contribution in [0.2, 0.25) is 5.02 Å². The maximum absolute atomic E-state index is 10.9. The number of nitro groups is 1. The van der Waals surface area contributed by atoms with Gasteiger partial charge in [-0.1, -0.05) is 35.9 Å². The van der Waals surface area contributed by atoms with Crippen molar-refractivity contribution < 1.29 is 4.92 Å². The Morgan fingerprint density at radius 1 is 1.28 bits per heavy atom. The summed E-state index contributed by atoms with van der Waals surface area (Å²) in [6.07, 6.45) is 1.71. The van der Waals surface area contributed by atoms with Crippen LogP contribution in [0.1, 0.15) is 10.6 Å². The van der Waals surface area contributed by atoms with Crippen molar-refractivity contribution in [2.24, 2.45) is 0 Å². The summed E-state index contributed by atoms with van der Waals surface area (Å²) >= 11 is 7.27. The maximum atomic E-state index is 10.9. The number of aromatic nitrogens is 1. The first-order chi connectivity index (χ1) is 12.1. The van der Waals surface area contributed by atoms with Gasteiger partial charge in [0.15, 0.2) is 0 Å². The van der Waals surface area contributed by atoms with Gasteiger partial charge in [0.05, 0.1) is 16.2 Å². The third-order valence-corrected chi connectivity index (χ3v) is 4.48. The van der Waals surface area contributed by atoms with Crippen molar-refractivity contribution in [3.05, 3.63) is 79.6 Å². The van der Waals surface area contributed by atoms with Gasteiger partial charge in [0.25, 0.3) is 5.69 Å². The molecule has 0 N–H and O–H groups in total. The van der Waals surface area contributed by atoms with Gasteiger partial charge in [-0.2, -0.15) is 5.26 Å². The van der Waals surface area contributed by atoms with Crippen molar-refractivity contribution in [3.8, 4) is 17.3 Å². The molecule has 0 atom stereocenters. The summed E-state index contributed by atoms with van der Waals surface area (Å²) in [5.41, 5.74) is 2.44. The molecule has 3 aromatic rings. The van der Waals surface area contributed by atoms with Crippen molar-refractivity contribution in [3.63, 3.8) is 0 Å². The number of nitrogens with zero attached hydrogens (tertiary/aromatic N) is 3. The predicted octanol–water partition coefficient (Wildman–Crippen LogP) is 5.44. The first kappa shape index (κ1) is 16.8. The second-order valence-electron chi connectivity index (χ2n) is 5.07. The third kappa shape index (κ3) is 3.91. The molecule has 0 saturated heterocycles. The Labute approximate surface area is 152 Å². The number of benzene rings is 2. The lowest BCUT2D eigenvalue weighted by atomic mass is 10.1. The molecule has 0 radical (unpaired) electrons. The number of nitro benzene ring substituents is 1. The van der Waals surface area contributed by atoms with Crippen LogP contribution in [0, 0.1) is 21.4 Å². The topological polar surface area (TPSA) is 79.8 Å². The lowest BCUT2D eigenvalue weighted by Crippen LogP contribution is -1.88. The van der Waals surface area contributed by atoms with E-state index < -0.39 is 4.92 Å². The highest BCUT2D eigenvalue weighted by molar-refractivity contribution is 7.11. The first-order valence-electron chi connectivity index (χ1n) is 7.15. The van der Waals surface area contributed by atoms with E-state index in [2.05, 4.69) is 11.1 Å². The summed E-state index contributed by atoms with van der Waals surface area (Å²) in [4.78, 5) is 14.9. The Hall–Kier alpha value is -3.01. The Morgan fingerprint density at radius 3 is 2.80 bits per heavy atom. The lowest BCUT2D eigenvalue weighted by molar-refractivity contribution is -0.384. The number of allylic oxidation sites excluding steroid dienone is 1. The highest BCUT2D eigenvalue weighted by atomic mass is 35.5. The van der Waals surface area contributed by atoms with Gasteiger partial charge in [0, 0.05) is 28.1 Å². The zero-order valence-electron chi connectivity index (χ0n) is 12.7. The van der Waals surface area contributed by atoms with E-state index in [0.717, 1.165) is 5.56 Å². The van der Waals surface area contributed by atoms with E-state index in [4.69, 9.17) is 11.6 Å². The molecule has 0 aliphatic rings. The van der Waals surface area contributed by atoms with Crippen LogP contribution in [0.4, 0.5) is 5.69 Å². The number of halogens is 1. The molecule has 0 aliphatic heterocycles. The fraction of sp³-hybridized carbons (Fsp3) is 0. The van der Waals surface area contributed by atoms with Gasteiger partial charge in [0.1, 0.15) is 11.1 Å². The molecule has 3 rings (SSSR count). The molecule has 1 heterocycles. The minimum atomic E-state index is -0.448.